The van der Waals surface area contributed by atoms with Crippen LogP contribution in [0.5, 0.6) is 0 Å². The summed E-state index contributed by atoms with van der Waals surface area (Å²) >= 11 is 7.39. The second-order valence-corrected chi connectivity index (χ2v) is 8.61. The maximum atomic E-state index is 12.6. The number of aryl methyl sites for hydroxylation is 1. The van der Waals surface area contributed by atoms with Gasteiger partial charge in [0.05, 0.1) is 18.3 Å². The van der Waals surface area contributed by atoms with E-state index < -0.39 is 0 Å². The van der Waals surface area contributed by atoms with Gasteiger partial charge in [0.15, 0.2) is 5.16 Å². The highest BCUT2D eigenvalue weighted by Gasteiger charge is 2.19. The molecule has 0 fully saturated rings. The van der Waals surface area contributed by atoms with Crippen LogP contribution in [0.1, 0.15) is 36.8 Å². The van der Waals surface area contributed by atoms with Crippen molar-refractivity contribution in [2.75, 3.05) is 5.75 Å². The molecule has 0 aliphatic heterocycles. The van der Waals surface area contributed by atoms with Gasteiger partial charge in [0.1, 0.15) is 5.82 Å². The summed E-state index contributed by atoms with van der Waals surface area (Å²) in [6, 6.07) is 17.7. The average Bonchev–Trinajstić information content (AvgIpc) is 3.05. The first kappa shape index (κ1) is 21.4. The van der Waals surface area contributed by atoms with Gasteiger partial charge >= 0.3 is 0 Å². The lowest BCUT2D eigenvalue weighted by Gasteiger charge is -2.23. The van der Waals surface area contributed by atoms with E-state index in [4.69, 9.17) is 11.6 Å². The highest BCUT2D eigenvalue weighted by Crippen LogP contribution is 2.24. The van der Waals surface area contributed by atoms with Crippen molar-refractivity contribution < 1.29 is 4.79 Å². The van der Waals surface area contributed by atoms with Crippen LogP contribution in [0.2, 0.25) is 5.02 Å². The van der Waals surface area contributed by atoms with Gasteiger partial charge in [0.25, 0.3) is 0 Å². The van der Waals surface area contributed by atoms with Gasteiger partial charge in [-0.05, 0) is 36.1 Å². The number of halogens is 1. The van der Waals surface area contributed by atoms with E-state index in [1.165, 1.54) is 17.3 Å². The molecule has 152 valence electrons. The third-order valence-electron chi connectivity index (χ3n) is 4.63. The number of carbonyl (C=O) groups excluding carboxylic acids is 1. The number of amides is 1. The fourth-order valence-electron chi connectivity index (χ4n) is 3.07. The molecule has 0 aliphatic rings. The zero-order valence-corrected chi connectivity index (χ0v) is 18.4. The smallest absolute Gasteiger partial charge is 0.230 e. The quantitative estimate of drug-likeness (QED) is 0.518. The average molecular weight is 429 g/mol. The molecule has 3 aromatic rings. The fourth-order valence-corrected chi connectivity index (χ4v) is 3.99. The van der Waals surface area contributed by atoms with E-state index in [-0.39, 0.29) is 23.6 Å². The Labute approximate surface area is 180 Å². The van der Waals surface area contributed by atoms with Crippen molar-refractivity contribution in [2.24, 2.45) is 5.92 Å². The van der Waals surface area contributed by atoms with Gasteiger partial charge < -0.3 is 9.88 Å². The van der Waals surface area contributed by atoms with Crippen LogP contribution in [0.3, 0.4) is 0 Å². The zero-order chi connectivity index (χ0) is 20.8. The van der Waals surface area contributed by atoms with Crippen molar-refractivity contribution in [3.05, 3.63) is 76.6 Å². The minimum absolute atomic E-state index is 0.0319. The second kappa shape index (κ2) is 9.94. The SMILES string of the molecule is Cc1nnc(SCC(=O)NC(c2ccc(Cl)cc2)C(C)C)n1Cc1ccccc1. The monoisotopic (exact) mass is 428 g/mol. The molecular formula is C22H25ClN4OS. The first-order valence-corrected chi connectivity index (χ1v) is 10.9. The Bertz CT molecular complexity index is 941. The Morgan fingerprint density at radius 2 is 1.79 bits per heavy atom. The molecule has 1 amide bonds. The number of benzene rings is 2. The van der Waals surface area contributed by atoms with E-state index in [0.717, 1.165) is 16.5 Å². The molecule has 2 aromatic carbocycles. The summed E-state index contributed by atoms with van der Waals surface area (Å²) in [5.41, 5.74) is 2.22. The summed E-state index contributed by atoms with van der Waals surface area (Å²) in [5.74, 6) is 1.34. The Morgan fingerprint density at radius 1 is 1.10 bits per heavy atom. The van der Waals surface area contributed by atoms with Gasteiger partial charge in [0, 0.05) is 5.02 Å². The first-order valence-electron chi connectivity index (χ1n) is 9.55. The van der Waals surface area contributed by atoms with Crippen LogP contribution in [0, 0.1) is 12.8 Å². The number of nitrogens with one attached hydrogen (secondary N) is 1. The van der Waals surface area contributed by atoms with Crippen LogP contribution in [0.4, 0.5) is 0 Å². The van der Waals surface area contributed by atoms with Crippen molar-refractivity contribution in [3.63, 3.8) is 0 Å². The number of hydrogen-bond donors (Lipinski definition) is 1. The van der Waals surface area contributed by atoms with Crippen molar-refractivity contribution >= 4 is 29.3 Å². The molecule has 7 heteroatoms. The zero-order valence-electron chi connectivity index (χ0n) is 16.8. The molecule has 1 heterocycles. The van der Waals surface area contributed by atoms with Crippen molar-refractivity contribution in [2.45, 2.75) is 38.5 Å². The predicted molar refractivity (Wildman–Crippen MR) is 118 cm³/mol. The lowest BCUT2D eigenvalue weighted by Crippen LogP contribution is -2.33. The normalized spacial score (nSPS) is 12.2. The van der Waals surface area contributed by atoms with E-state index in [1.54, 1.807) is 0 Å². The van der Waals surface area contributed by atoms with Crippen LogP contribution in [-0.4, -0.2) is 26.4 Å². The van der Waals surface area contributed by atoms with E-state index in [9.17, 15) is 4.79 Å². The predicted octanol–water partition coefficient (Wildman–Crippen LogP) is 4.89. The Hall–Kier alpha value is -2.31. The number of nitrogens with zero attached hydrogens (tertiary/aromatic N) is 3. The minimum Gasteiger partial charge on any atom is -0.348 e. The molecule has 1 atom stereocenters. The molecule has 29 heavy (non-hydrogen) atoms. The number of rotatable bonds is 8. The van der Waals surface area contributed by atoms with Gasteiger partial charge in [0.2, 0.25) is 5.91 Å². The topological polar surface area (TPSA) is 59.8 Å². The summed E-state index contributed by atoms with van der Waals surface area (Å²) in [4.78, 5) is 12.6. The molecule has 3 rings (SSSR count). The maximum absolute atomic E-state index is 12.6. The van der Waals surface area contributed by atoms with E-state index in [1.807, 2.05) is 54.0 Å². The largest absolute Gasteiger partial charge is 0.348 e. The lowest BCUT2D eigenvalue weighted by atomic mass is 9.96. The third kappa shape index (κ3) is 5.84. The summed E-state index contributed by atoms with van der Waals surface area (Å²) < 4.78 is 2.03. The number of aromatic nitrogens is 3. The van der Waals surface area contributed by atoms with Gasteiger partial charge in [-0.2, -0.15) is 0 Å². The molecule has 0 radical (unpaired) electrons. The molecule has 0 aliphatic carbocycles. The van der Waals surface area contributed by atoms with E-state index in [2.05, 4.69) is 41.5 Å². The third-order valence-corrected chi connectivity index (χ3v) is 5.85. The standard InChI is InChI=1S/C22H25ClN4OS/c1-15(2)21(18-9-11-19(23)12-10-18)24-20(28)14-29-22-26-25-16(3)27(22)13-17-7-5-4-6-8-17/h4-12,15,21H,13-14H2,1-3H3,(H,24,28). The molecule has 0 saturated heterocycles. The molecule has 0 spiro atoms. The van der Waals surface area contributed by atoms with Crippen LogP contribution < -0.4 is 5.32 Å². The molecule has 0 saturated carbocycles. The summed E-state index contributed by atoms with van der Waals surface area (Å²) in [5, 5.41) is 13.0. The maximum Gasteiger partial charge on any atom is 0.230 e. The highest BCUT2D eigenvalue weighted by atomic mass is 35.5. The van der Waals surface area contributed by atoms with Crippen LogP contribution in [0.25, 0.3) is 0 Å². The number of thioether (sulfide) groups is 1. The molecule has 1 N–H and O–H groups in total. The Kier molecular flexibility index (Phi) is 7.34. The van der Waals surface area contributed by atoms with Crippen LogP contribution >= 0.6 is 23.4 Å². The molecule has 0 bridgehead atoms. The van der Waals surface area contributed by atoms with E-state index >= 15 is 0 Å². The van der Waals surface area contributed by atoms with Gasteiger partial charge in [-0.3, -0.25) is 4.79 Å². The summed E-state index contributed by atoms with van der Waals surface area (Å²) in [6.07, 6.45) is 0. The first-order chi connectivity index (χ1) is 13.9. The number of hydrogen-bond acceptors (Lipinski definition) is 4. The molecule has 1 unspecified atom stereocenters. The molecule has 5 nitrogen and oxygen atoms in total. The minimum atomic E-state index is -0.0655. The Balaban J connectivity index is 1.63. The fraction of sp³-hybridized carbons (Fsp3) is 0.318. The lowest BCUT2D eigenvalue weighted by molar-refractivity contribution is -0.119. The molecule has 1 aromatic heterocycles. The summed E-state index contributed by atoms with van der Waals surface area (Å²) in [6.45, 7) is 6.79. The second-order valence-electron chi connectivity index (χ2n) is 7.23. The van der Waals surface area contributed by atoms with Crippen molar-refractivity contribution in [1.82, 2.24) is 20.1 Å². The molecular weight excluding hydrogens is 404 g/mol. The Morgan fingerprint density at radius 3 is 2.45 bits per heavy atom. The van der Waals surface area contributed by atoms with Crippen LogP contribution in [-0.2, 0) is 11.3 Å². The van der Waals surface area contributed by atoms with Gasteiger partial charge in [-0.25, -0.2) is 0 Å². The van der Waals surface area contributed by atoms with Crippen LogP contribution in [0.15, 0.2) is 59.8 Å². The van der Waals surface area contributed by atoms with Crippen molar-refractivity contribution in [3.8, 4) is 0 Å². The highest BCUT2D eigenvalue weighted by molar-refractivity contribution is 7.99. The number of carbonyl (C=O) groups is 1. The van der Waals surface area contributed by atoms with E-state index in [0.29, 0.717) is 11.6 Å². The van der Waals surface area contributed by atoms with Crippen molar-refractivity contribution in [1.29, 1.82) is 0 Å². The summed E-state index contributed by atoms with van der Waals surface area (Å²) in [7, 11) is 0. The van der Waals surface area contributed by atoms with Gasteiger partial charge in [-0.15, -0.1) is 10.2 Å². The van der Waals surface area contributed by atoms with Gasteiger partial charge in [-0.1, -0.05) is 79.7 Å².